The number of pyridine rings is 1. The maximum absolute atomic E-state index is 6.14. The molecule has 3 rings (SSSR count). The van der Waals surface area contributed by atoms with Crippen LogP contribution >= 0.6 is 11.6 Å². The Kier molecular flexibility index (Phi) is 3.18. The number of nitrogens with zero attached hydrogens (tertiary/aromatic N) is 3. The zero-order valence-electron chi connectivity index (χ0n) is 9.77. The lowest BCUT2D eigenvalue weighted by molar-refractivity contribution is 0.147. The molecule has 4 nitrogen and oxygen atoms in total. The lowest BCUT2D eigenvalue weighted by atomic mass is 10.1. The third kappa shape index (κ3) is 2.25. The molecule has 92 valence electrons. The maximum atomic E-state index is 6.14. The maximum Gasteiger partial charge on any atom is 0.147 e. The number of piperazine rings is 1. The smallest absolute Gasteiger partial charge is 0.147 e. The van der Waals surface area contributed by atoms with Crippen LogP contribution in [0.5, 0.6) is 0 Å². The Hall–Kier alpha value is -0.840. The van der Waals surface area contributed by atoms with Gasteiger partial charge in [0.05, 0.1) is 5.02 Å². The molecular formula is C12H17ClN4. The Morgan fingerprint density at radius 3 is 2.76 bits per heavy atom. The van der Waals surface area contributed by atoms with Gasteiger partial charge in [-0.2, -0.15) is 0 Å². The van der Waals surface area contributed by atoms with E-state index >= 15 is 0 Å². The van der Waals surface area contributed by atoms with E-state index in [1.165, 1.54) is 0 Å². The van der Waals surface area contributed by atoms with Crippen LogP contribution in [0.4, 0.5) is 5.82 Å². The molecule has 0 unspecified atom stereocenters. The van der Waals surface area contributed by atoms with Gasteiger partial charge in [-0.3, -0.25) is 4.90 Å². The van der Waals surface area contributed by atoms with Gasteiger partial charge in [0, 0.05) is 51.5 Å². The first-order chi connectivity index (χ1) is 8.34. The number of rotatable bonds is 2. The predicted molar refractivity (Wildman–Crippen MR) is 69.7 cm³/mol. The second kappa shape index (κ2) is 4.80. The van der Waals surface area contributed by atoms with E-state index in [-0.39, 0.29) is 0 Å². The summed E-state index contributed by atoms with van der Waals surface area (Å²) >= 11 is 6.14. The van der Waals surface area contributed by atoms with Crippen LogP contribution in [0.3, 0.4) is 0 Å². The monoisotopic (exact) mass is 252 g/mol. The Bertz CT molecular complexity index is 386. The van der Waals surface area contributed by atoms with Gasteiger partial charge in [-0.1, -0.05) is 11.6 Å². The van der Waals surface area contributed by atoms with Crippen molar-refractivity contribution >= 4 is 17.4 Å². The topological polar surface area (TPSA) is 31.4 Å². The third-order valence-electron chi connectivity index (χ3n) is 3.57. The highest BCUT2D eigenvalue weighted by Gasteiger charge is 2.33. The molecule has 0 bridgehead atoms. The van der Waals surface area contributed by atoms with E-state index in [0.717, 1.165) is 50.1 Å². The van der Waals surface area contributed by atoms with Crippen molar-refractivity contribution in [2.75, 3.05) is 44.2 Å². The molecule has 0 spiro atoms. The summed E-state index contributed by atoms with van der Waals surface area (Å²) in [5, 5.41) is 4.14. The quantitative estimate of drug-likeness (QED) is 0.845. The summed E-state index contributed by atoms with van der Waals surface area (Å²) in [5.41, 5.74) is 0. The summed E-state index contributed by atoms with van der Waals surface area (Å²) in [4.78, 5) is 9.16. The molecule has 2 aliphatic heterocycles. The van der Waals surface area contributed by atoms with Gasteiger partial charge < -0.3 is 10.2 Å². The van der Waals surface area contributed by atoms with E-state index in [2.05, 4.69) is 20.1 Å². The average Bonchev–Trinajstić information content (AvgIpc) is 2.31. The van der Waals surface area contributed by atoms with Gasteiger partial charge in [-0.05, 0) is 12.1 Å². The van der Waals surface area contributed by atoms with Crippen molar-refractivity contribution in [1.82, 2.24) is 15.2 Å². The van der Waals surface area contributed by atoms with Gasteiger partial charge in [0.2, 0.25) is 0 Å². The van der Waals surface area contributed by atoms with Crippen molar-refractivity contribution in [3.63, 3.8) is 0 Å². The van der Waals surface area contributed by atoms with E-state index in [0.29, 0.717) is 6.04 Å². The van der Waals surface area contributed by atoms with E-state index in [4.69, 9.17) is 11.6 Å². The minimum absolute atomic E-state index is 0.676. The van der Waals surface area contributed by atoms with Crippen LogP contribution < -0.4 is 10.2 Å². The number of halogens is 1. The van der Waals surface area contributed by atoms with Crippen LogP contribution in [-0.2, 0) is 0 Å². The van der Waals surface area contributed by atoms with Gasteiger partial charge in [0.25, 0.3) is 0 Å². The van der Waals surface area contributed by atoms with E-state index in [1.807, 2.05) is 12.1 Å². The summed E-state index contributed by atoms with van der Waals surface area (Å²) in [6.45, 7) is 6.65. The molecule has 0 atom stereocenters. The van der Waals surface area contributed by atoms with Gasteiger partial charge in [-0.25, -0.2) is 4.98 Å². The van der Waals surface area contributed by atoms with Crippen LogP contribution in [0.25, 0.3) is 0 Å². The summed E-state index contributed by atoms with van der Waals surface area (Å²) < 4.78 is 0. The standard InChI is InChI=1S/C12H17ClN4/c13-11-2-1-3-15-12(11)17-8-10(9-17)16-6-4-14-5-7-16/h1-3,10,14H,4-9H2. The van der Waals surface area contributed by atoms with Crippen LogP contribution in [-0.4, -0.2) is 55.2 Å². The SMILES string of the molecule is Clc1cccnc1N1CC(N2CCNCC2)C1. The van der Waals surface area contributed by atoms with Crippen LogP contribution in [0.2, 0.25) is 5.02 Å². The normalized spacial score (nSPS) is 22.5. The van der Waals surface area contributed by atoms with Gasteiger partial charge in [0.1, 0.15) is 5.82 Å². The van der Waals surface area contributed by atoms with Crippen LogP contribution in [0.1, 0.15) is 0 Å². The zero-order chi connectivity index (χ0) is 11.7. The fourth-order valence-electron chi connectivity index (χ4n) is 2.52. The number of aromatic nitrogens is 1. The van der Waals surface area contributed by atoms with Crippen LogP contribution in [0, 0.1) is 0 Å². The van der Waals surface area contributed by atoms with E-state index < -0.39 is 0 Å². The summed E-state index contributed by atoms with van der Waals surface area (Å²) in [6, 6.07) is 4.46. The molecule has 0 saturated carbocycles. The third-order valence-corrected chi connectivity index (χ3v) is 3.86. The molecule has 0 aromatic carbocycles. The first-order valence-electron chi connectivity index (χ1n) is 6.15. The molecule has 1 aromatic rings. The largest absolute Gasteiger partial charge is 0.352 e. The Labute approximate surface area is 107 Å². The Balaban J connectivity index is 1.59. The highest BCUT2D eigenvalue weighted by atomic mass is 35.5. The first kappa shape index (κ1) is 11.3. The van der Waals surface area contributed by atoms with Crippen molar-refractivity contribution in [2.45, 2.75) is 6.04 Å². The van der Waals surface area contributed by atoms with E-state index in [1.54, 1.807) is 6.20 Å². The summed E-state index contributed by atoms with van der Waals surface area (Å²) in [6.07, 6.45) is 1.80. The molecule has 1 N–H and O–H groups in total. The van der Waals surface area contributed by atoms with Crippen molar-refractivity contribution < 1.29 is 0 Å². The van der Waals surface area contributed by atoms with Gasteiger partial charge >= 0.3 is 0 Å². The number of nitrogens with one attached hydrogen (secondary N) is 1. The molecule has 3 heterocycles. The number of anilines is 1. The fraction of sp³-hybridized carbons (Fsp3) is 0.583. The molecule has 0 amide bonds. The van der Waals surface area contributed by atoms with Crippen molar-refractivity contribution in [1.29, 1.82) is 0 Å². The van der Waals surface area contributed by atoms with E-state index in [9.17, 15) is 0 Å². The highest BCUT2D eigenvalue weighted by molar-refractivity contribution is 6.32. The Morgan fingerprint density at radius 1 is 1.29 bits per heavy atom. The number of hydrogen-bond acceptors (Lipinski definition) is 4. The molecule has 2 fully saturated rings. The van der Waals surface area contributed by atoms with Crippen molar-refractivity contribution in [3.8, 4) is 0 Å². The fourth-order valence-corrected chi connectivity index (χ4v) is 2.76. The molecule has 5 heteroatoms. The lowest BCUT2D eigenvalue weighted by Gasteiger charge is -2.47. The molecule has 2 aliphatic rings. The number of hydrogen-bond donors (Lipinski definition) is 1. The molecule has 2 saturated heterocycles. The van der Waals surface area contributed by atoms with Crippen LogP contribution in [0.15, 0.2) is 18.3 Å². The molecule has 0 radical (unpaired) electrons. The second-order valence-corrected chi connectivity index (χ2v) is 5.06. The molecular weight excluding hydrogens is 236 g/mol. The molecule has 1 aromatic heterocycles. The minimum Gasteiger partial charge on any atom is -0.352 e. The van der Waals surface area contributed by atoms with Crippen molar-refractivity contribution in [2.24, 2.45) is 0 Å². The Morgan fingerprint density at radius 2 is 2.06 bits per heavy atom. The second-order valence-electron chi connectivity index (χ2n) is 4.65. The summed E-state index contributed by atoms with van der Waals surface area (Å²) in [7, 11) is 0. The minimum atomic E-state index is 0.676. The first-order valence-corrected chi connectivity index (χ1v) is 6.52. The van der Waals surface area contributed by atoms with Gasteiger partial charge in [-0.15, -0.1) is 0 Å². The molecule has 0 aliphatic carbocycles. The highest BCUT2D eigenvalue weighted by Crippen LogP contribution is 2.28. The lowest BCUT2D eigenvalue weighted by Crippen LogP contribution is -2.63. The zero-order valence-corrected chi connectivity index (χ0v) is 10.5. The molecule has 17 heavy (non-hydrogen) atoms. The van der Waals surface area contributed by atoms with Gasteiger partial charge in [0.15, 0.2) is 0 Å². The van der Waals surface area contributed by atoms with Crippen molar-refractivity contribution in [3.05, 3.63) is 23.4 Å². The average molecular weight is 253 g/mol. The summed E-state index contributed by atoms with van der Waals surface area (Å²) in [5.74, 6) is 0.931. The predicted octanol–water partition coefficient (Wildman–Crippen LogP) is 0.829.